The van der Waals surface area contributed by atoms with Gasteiger partial charge in [0, 0.05) is 11.6 Å². The second-order valence-corrected chi connectivity index (χ2v) is 10.4. The highest BCUT2D eigenvalue weighted by Crippen LogP contribution is 2.27. The van der Waals surface area contributed by atoms with Gasteiger partial charge < -0.3 is 25.0 Å². The van der Waals surface area contributed by atoms with E-state index in [0.717, 1.165) is 0 Å². The van der Waals surface area contributed by atoms with Crippen LogP contribution >= 0.6 is 11.8 Å². The monoisotopic (exact) mass is 533 g/mol. The molecule has 3 amide bonds. The van der Waals surface area contributed by atoms with E-state index in [9.17, 15) is 19.2 Å². The van der Waals surface area contributed by atoms with Crippen LogP contribution in [0.5, 0.6) is 0 Å². The van der Waals surface area contributed by atoms with Crippen LogP contribution in [0.15, 0.2) is 24.3 Å². The molecule has 3 unspecified atom stereocenters. The Morgan fingerprint density at radius 1 is 1.16 bits per heavy atom. The summed E-state index contributed by atoms with van der Waals surface area (Å²) in [6.07, 6.45) is 7.54. The molecule has 2 N–H and O–H groups in total. The molecule has 1 aromatic rings. The second-order valence-electron chi connectivity index (χ2n) is 9.45. The van der Waals surface area contributed by atoms with Crippen molar-refractivity contribution in [1.82, 2.24) is 15.5 Å². The van der Waals surface area contributed by atoms with Crippen LogP contribution in [0, 0.1) is 12.3 Å². The Bertz CT molecular complexity index is 968. The Balaban J connectivity index is 3.51. The lowest BCUT2D eigenvalue weighted by Crippen LogP contribution is -2.55. The number of terminal acetylenes is 1. The predicted molar refractivity (Wildman–Crippen MR) is 145 cm³/mol. The van der Waals surface area contributed by atoms with Crippen LogP contribution in [0.2, 0.25) is 0 Å². The smallest absolute Gasteiger partial charge is 0.408 e. The highest BCUT2D eigenvalue weighted by atomic mass is 32.2. The topological polar surface area (TPSA) is 114 Å². The van der Waals surface area contributed by atoms with E-state index < -0.39 is 41.6 Å². The summed E-state index contributed by atoms with van der Waals surface area (Å²) >= 11 is 1.53. The molecule has 37 heavy (non-hydrogen) atoms. The van der Waals surface area contributed by atoms with Gasteiger partial charge in [-0.1, -0.05) is 25.0 Å². The highest BCUT2D eigenvalue weighted by Gasteiger charge is 2.38. The number of esters is 1. The lowest BCUT2D eigenvalue weighted by molar-refractivity contribution is -0.146. The molecule has 0 saturated heterocycles. The first-order valence-corrected chi connectivity index (χ1v) is 13.5. The summed E-state index contributed by atoms with van der Waals surface area (Å²) in [7, 11) is 1.22. The van der Waals surface area contributed by atoms with Crippen LogP contribution < -0.4 is 10.6 Å². The van der Waals surface area contributed by atoms with Crippen molar-refractivity contribution in [2.75, 3.05) is 25.7 Å². The van der Waals surface area contributed by atoms with E-state index in [4.69, 9.17) is 11.2 Å². The van der Waals surface area contributed by atoms with Gasteiger partial charge in [0.2, 0.25) is 11.8 Å². The largest absolute Gasteiger partial charge is 0.468 e. The zero-order valence-electron chi connectivity index (χ0n) is 22.8. The molecule has 0 fully saturated rings. The summed E-state index contributed by atoms with van der Waals surface area (Å²) in [6, 6.07) is 4.31. The van der Waals surface area contributed by atoms with Crippen LogP contribution in [0.3, 0.4) is 0 Å². The number of carbonyl (C=O) groups excluding carboxylic acids is 4. The van der Waals surface area contributed by atoms with Gasteiger partial charge in [0.05, 0.1) is 7.11 Å². The van der Waals surface area contributed by atoms with E-state index in [0.29, 0.717) is 29.7 Å². The Kier molecular flexibility index (Phi) is 13.0. The maximum Gasteiger partial charge on any atom is 0.408 e. The minimum Gasteiger partial charge on any atom is -0.468 e. The van der Waals surface area contributed by atoms with Gasteiger partial charge >= 0.3 is 12.1 Å². The number of nitrogens with zero attached hydrogens (tertiary/aromatic N) is 1. The average molecular weight is 534 g/mol. The first kappa shape index (κ1) is 31.8. The van der Waals surface area contributed by atoms with Gasteiger partial charge in [0.15, 0.2) is 0 Å². The van der Waals surface area contributed by atoms with E-state index in [1.54, 1.807) is 45.0 Å². The number of methoxy groups -OCH3 is 1. The number of nitrogens with one attached hydrogen (secondary N) is 2. The van der Waals surface area contributed by atoms with Crippen molar-refractivity contribution in [1.29, 1.82) is 0 Å². The standard InChI is InChI=1S/C27H39N3O6S/c1-9-18(3)30(25(33)21(15-16-37-8)29-26(34)36-27(4,5)6)23(24(32)28-17-22(31)35-7)20-13-11-19(10-2)12-14-20/h2,11-14,18,21,23H,9,15-17H2,1,3-8H3,(H,28,32)(H,29,34). The highest BCUT2D eigenvalue weighted by molar-refractivity contribution is 7.98. The molecular formula is C27H39N3O6S. The molecular weight excluding hydrogens is 494 g/mol. The molecule has 1 rings (SSSR count). The number of hydrogen-bond donors (Lipinski definition) is 2. The fourth-order valence-corrected chi connectivity index (χ4v) is 3.92. The van der Waals surface area contributed by atoms with Crippen LogP contribution in [-0.4, -0.2) is 72.1 Å². The van der Waals surface area contributed by atoms with E-state index in [2.05, 4.69) is 21.3 Å². The minimum atomic E-state index is -1.09. The second kappa shape index (κ2) is 15.2. The average Bonchev–Trinajstić information content (AvgIpc) is 2.86. The summed E-state index contributed by atoms with van der Waals surface area (Å²) in [6.45, 7) is 8.57. The van der Waals surface area contributed by atoms with Crippen molar-refractivity contribution < 1.29 is 28.7 Å². The van der Waals surface area contributed by atoms with Crippen molar-refractivity contribution in [2.24, 2.45) is 0 Å². The van der Waals surface area contributed by atoms with Crippen LogP contribution in [0.4, 0.5) is 4.79 Å². The molecule has 0 heterocycles. The number of carbonyl (C=O) groups is 4. The van der Waals surface area contributed by atoms with Gasteiger partial charge in [0.25, 0.3) is 0 Å². The minimum absolute atomic E-state index is 0.332. The van der Waals surface area contributed by atoms with E-state index >= 15 is 0 Å². The van der Waals surface area contributed by atoms with Gasteiger partial charge in [-0.3, -0.25) is 14.4 Å². The molecule has 0 aliphatic rings. The molecule has 3 atom stereocenters. The van der Waals surface area contributed by atoms with Gasteiger partial charge in [-0.25, -0.2) is 4.79 Å². The summed E-state index contributed by atoms with van der Waals surface area (Å²) in [5.74, 6) is 1.50. The molecule has 0 saturated carbocycles. The molecule has 10 heteroatoms. The Labute approximate surface area is 224 Å². The number of hydrogen-bond acceptors (Lipinski definition) is 7. The fourth-order valence-electron chi connectivity index (χ4n) is 3.45. The van der Waals surface area contributed by atoms with Gasteiger partial charge in [-0.05, 0) is 70.2 Å². The molecule has 0 aliphatic carbocycles. The molecule has 0 spiro atoms. The number of amides is 3. The van der Waals surface area contributed by atoms with E-state index in [-0.39, 0.29) is 12.6 Å². The maximum atomic E-state index is 14.0. The third-order valence-electron chi connectivity index (χ3n) is 5.47. The summed E-state index contributed by atoms with van der Waals surface area (Å²) in [5.41, 5.74) is 0.377. The van der Waals surface area contributed by atoms with Gasteiger partial charge in [0.1, 0.15) is 24.2 Å². The maximum absolute atomic E-state index is 14.0. The van der Waals surface area contributed by atoms with Crippen molar-refractivity contribution in [3.8, 4) is 12.3 Å². The summed E-state index contributed by atoms with van der Waals surface area (Å²) < 4.78 is 10.0. The number of benzene rings is 1. The molecule has 0 radical (unpaired) electrons. The Morgan fingerprint density at radius 2 is 1.78 bits per heavy atom. The SMILES string of the molecule is C#Cc1ccc(C(C(=O)NCC(=O)OC)N(C(=O)C(CCSC)NC(=O)OC(C)(C)C)C(C)CC)cc1. The number of alkyl carbamates (subject to hydrolysis) is 1. The predicted octanol–water partition coefficient (Wildman–Crippen LogP) is 3.27. The lowest BCUT2D eigenvalue weighted by Gasteiger charge is -2.38. The van der Waals surface area contributed by atoms with Crippen molar-refractivity contribution in [3.05, 3.63) is 35.4 Å². The Morgan fingerprint density at radius 3 is 2.27 bits per heavy atom. The van der Waals surface area contributed by atoms with E-state index in [1.165, 1.54) is 23.8 Å². The van der Waals surface area contributed by atoms with E-state index in [1.807, 2.05) is 20.1 Å². The molecule has 0 aliphatic heterocycles. The van der Waals surface area contributed by atoms with Gasteiger partial charge in [-0.2, -0.15) is 11.8 Å². The van der Waals surface area contributed by atoms with Crippen LogP contribution in [0.1, 0.15) is 64.6 Å². The summed E-state index contributed by atoms with van der Waals surface area (Å²) in [5, 5.41) is 5.26. The molecule has 0 bridgehead atoms. The third-order valence-corrected chi connectivity index (χ3v) is 6.12. The van der Waals surface area contributed by atoms with Crippen molar-refractivity contribution in [3.63, 3.8) is 0 Å². The number of thioether (sulfide) groups is 1. The first-order chi connectivity index (χ1) is 17.4. The Hall–Kier alpha value is -3.19. The number of ether oxygens (including phenoxy) is 2. The summed E-state index contributed by atoms with van der Waals surface area (Å²) in [4.78, 5) is 53.3. The van der Waals surface area contributed by atoms with Crippen LogP contribution in [0.25, 0.3) is 0 Å². The zero-order valence-corrected chi connectivity index (χ0v) is 23.6. The lowest BCUT2D eigenvalue weighted by atomic mass is 9.98. The van der Waals surface area contributed by atoms with Crippen LogP contribution in [-0.2, 0) is 23.9 Å². The normalized spacial score (nSPS) is 13.4. The van der Waals surface area contributed by atoms with Gasteiger partial charge in [-0.15, -0.1) is 6.42 Å². The molecule has 1 aromatic carbocycles. The quantitative estimate of drug-likeness (QED) is 0.313. The molecule has 204 valence electrons. The molecule has 9 nitrogen and oxygen atoms in total. The number of rotatable bonds is 12. The van der Waals surface area contributed by atoms with Crippen molar-refractivity contribution >= 4 is 35.6 Å². The van der Waals surface area contributed by atoms with Crippen molar-refractivity contribution in [2.45, 2.75) is 71.2 Å². The third kappa shape index (κ3) is 10.4. The fraction of sp³-hybridized carbons (Fsp3) is 0.556. The first-order valence-electron chi connectivity index (χ1n) is 12.1. The zero-order chi connectivity index (χ0) is 28.2. The molecule has 0 aromatic heterocycles.